The van der Waals surface area contributed by atoms with E-state index >= 15 is 0 Å². The average Bonchev–Trinajstić information content (AvgIpc) is 3.00. The van der Waals surface area contributed by atoms with Gasteiger partial charge in [-0.3, -0.25) is 24.4 Å². The van der Waals surface area contributed by atoms with Crippen molar-refractivity contribution in [1.82, 2.24) is 20.2 Å². The average molecular weight is 611 g/mol. The van der Waals surface area contributed by atoms with E-state index in [1.807, 2.05) is 13.8 Å². The minimum Gasteiger partial charge on any atom is -0.479 e. The van der Waals surface area contributed by atoms with Crippen LogP contribution in [0, 0.1) is 5.41 Å². The number of nitrogens with zero attached hydrogens (tertiary/aromatic N) is 2. The molecule has 0 unspecified atom stereocenters. The lowest BCUT2D eigenvalue weighted by Gasteiger charge is -2.18. The summed E-state index contributed by atoms with van der Waals surface area (Å²) >= 11 is 0. The van der Waals surface area contributed by atoms with Gasteiger partial charge in [-0.25, -0.2) is 9.78 Å². The highest BCUT2D eigenvalue weighted by molar-refractivity contribution is 5.99. The summed E-state index contributed by atoms with van der Waals surface area (Å²) in [6.45, 7) is 3.47. The molecule has 0 fully saturated rings. The van der Waals surface area contributed by atoms with Gasteiger partial charge in [-0.1, -0.05) is 54.6 Å². The second-order valence-electron chi connectivity index (χ2n) is 10.6. The van der Waals surface area contributed by atoms with Crippen molar-refractivity contribution < 1.29 is 19.5 Å². The van der Waals surface area contributed by atoms with Crippen LogP contribution in [0.3, 0.4) is 0 Å². The van der Waals surface area contributed by atoms with Crippen LogP contribution in [-0.2, 0) is 22.7 Å². The highest BCUT2D eigenvalue weighted by Gasteiger charge is 2.24. The van der Waals surface area contributed by atoms with E-state index in [9.17, 15) is 24.3 Å². The predicted octanol–water partition coefficient (Wildman–Crippen LogP) is 2.47. The number of amidine groups is 1. The van der Waals surface area contributed by atoms with Gasteiger partial charge >= 0.3 is 5.97 Å². The van der Waals surface area contributed by atoms with Gasteiger partial charge in [0.1, 0.15) is 12.4 Å². The number of anilines is 2. The molecule has 45 heavy (non-hydrogen) atoms. The number of hydrogen-bond donors (Lipinski definition) is 7. The van der Waals surface area contributed by atoms with Crippen molar-refractivity contribution >= 4 is 35.1 Å². The molecule has 0 saturated heterocycles. The summed E-state index contributed by atoms with van der Waals surface area (Å²) in [5, 5.41) is 25.5. The molecule has 0 aliphatic rings. The second-order valence-corrected chi connectivity index (χ2v) is 10.6. The first-order valence-electron chi connectivity index (χ1n) is 14.0. The van der Waals surface area contributed by atoms with Gasteiger partial charge < -0.3 is 32.5 Å². The summed E-state index contributed by atoms with van der Waals surface area (Å²) in [5.74, 6) is -2.44. The number of nitrogens with two attached hydrogens (primary N) is 2. The summed E-state index contributed by atoms with van der Waals surface area (Å²) in [7, 11) is 0. The molecule has 1 heterocycles. The fraction of sp³-hybridized carbons (Fsp3) is 0.188. The summed E-state index contributed by atoms with van der Waals surface area (Å²) < 4.78 is 1.23. The number of nitrogens with one attached hydrogen (secondary N) is 4. The van der Waals surface area contributed by atoms with E-state index in [1.54, 1.807) is 54.6 Å². The maximum Gasteiger partial charge on any atom is 0.330 e. The van der Waals surface area contributed by atoms with Crippen LogP contribution in [-0.4, -0.2) is 44.3 Å². The Bertz CT molecular complexity index is 1790. The molecule has 13 nitrogen and oxygen atoms in total. The first-order valence-corrected chi connectivity index (χ1v) is 14.0. The maximum atomic E-state index is 13.5. The molecule has 0 bridgehead atoms. The molecule has 0 radical (unpaired) electrons. The zero-order chi connectivity index (χ0) is 32.7. The van der Waals surface area contributed by atoms with Gasteiger partial charge in [0.05, 0.1) is 11.9 Å². The lowest BCUT2D eigenvalue weighted by Crippen LogP contribution is -2.35. The highest BCUT2D eigenvalue weighted by atomic mass is 16.4. The van der Waals surface area contributed by atoms with Gasteiger partial charge in [-0.05, 0) is 43.2 Å². The minimum atomic E-state index is -1.31. The van der Waals surface area contributed by atoms with Crippen LogP contribution >= 0.6 is 0 Å². The topological polar surface area (TPSA) is 218 Å². The van der Waals surface area contributed by atoms with Crippen molar-refractivity contribution in [3.63, 3.8) is 0 Å². The number of carboxylic acids is 1. The molecule has 9 N–H and O–H groups in total. The molecule has 1 atom stereocenters. The first-order chi connectivity index (χ1) is 21.4. The Morgan fingerprint density at radius 3 is 2.31 bits per heavy atom. The molecule has 0 spiro atoms. The lowest BCUT2D eigenvalue weighted by molar-refractivity contribution is -0.139. The Morgan fingerprint density at radius 2 is 1.69 bits per heavy atom. The Labute approximate surface area is 258 Å². The molecule has 13 heteroatoms. The van der Waals surface area contributed by atoms with Crippen LogP contribution in [0.25, 0.3) is 11.3 Å². The fourth-order valence-electron chi connectivity index (χ4n) is 4.53. The minimum absolute atomic E-state index is 0.0374. The second kappa shape index (κ2) is 14.0. The smallest absolute Gasteiger partial charge is 0.330 e. The van der Waals surface area contributed by atoms with E-state index < -0.39 is 29.4 Å². The molecule has 0 saturated carbocycles. The van der Waals surface area contributed by atoms with Gasteiger partial charge in [0, 0.05) is 35.0 Å². The number of nitrogen functional groups attached to an aromatic ring is 2. The molecule has 0 aliphatic heterocycles. The van der Waals surface area contributed by atoms with Crippen LogP contribution < -0.4 is 33.0 Å². The Hall–Kier alpha value is -5.98. The first kappa shape index (κ1) is 31.9. The predicted molar refractivity (Wildman–Crippen MR) is 171 cm³/mol. The molecule has 3 aromatic carbocycles. The van der Waals surface area contributed by atoms with Crippen molar-refractivity contribution in [2.75, 3.05) is 11.1 Å². The molecule has 4 aromatic rings. The molecule has 2 amide bonds. The van der Waals surface area contributed by atoms with Gasteiger partial charge in [0.25, 0.3) is 11.5 Å². The molecular formula is C32H34N8O5. The van der Waals surface area contributed by atoms with Gasteiger partial charge in [-0.15, -0.1) is 0 Å². The third-order valence-corrected chi connectivity index (χ3v) is 6.70. The summed E-state index contributed by atoms with van der Waals surface area (Å²) in [5.41, 5.74) is 13.5. The zero-order valence-corrected chi connectivity index (χ0v) is 24.7. The van der Waals surface area contributed by atoms with Crippen LogP contribution in [0.1, 0.15) is 46.9 Å². The molecule has 0 aliphatic carbocycles. The van der Waals surface area contributed by atoms with Crippen molar-refractivity contribution in [2.45, 2.75) is 39.0 Å². The number of hydrogen-bond acceptors (Lipinski definition) is 8. The van der Waals surface area contributed by atoms with Crippen molar-refractivity contribution in [3.05, 3.63) is 112 Å². The quantitative estimate of drug-likeness (QED) is 0.0711. The van der Waals surface area contributed by atoms with Crippen molar-refractivity contribution in [2.24, 2.45) is 5.73 Å². The van der Waals surface area contributed by atoms with E-state index in [4.69, 9.17) is 16.9 Å². The number of carbonyl (C=O) groups excluding carboxylic acids is 2. The Morgan fingerprint density at radius 1 is 1.00 bits per heavy atom. The van der Waals surface area contributed by atoms with Gasteiger partial charge in [0.2, 0.25) is 5.91 Å². The fourth-order valence-corrected chi connectivity index (χ4v) is 4.53. The van der Waals surface area contributed by atoms with E-state index in [0.717, 1.165) is 5.56 Å². The van der Waals surface area contributed by atoms with E-state index in [-0.39, 0.29) is 47.7 Å². The van der Waals surface area contributed by atoms with Crippen LogP contribution in [0.4, 0.5) is 11.5 Å². The largest absolute Gasteiger partial charge is 0.479 e. The van der Waals surface area contributed by atoms with Gasteiger partial charge in [0.15, 0.2) is 11.9 Å². The SMILES string of the molecule is CC(C)Nc1ncc(-c2cc(N)cc(C(=O)N[C@@H](C(=O)O)c3ccccc3)c2)n(CC(=O)NCc2ccc(C(=N)N)cc2)c1=O. The van der Waals surface area contributed by atoms with Crippen LogP contribution in [0.15, 0.2) is 83.8 Å². The number of carbonyl (C=O) groups is 3. The van der Waals surface area contributed by atoms with Crippen molar-refractivity contribution in [3.8, 4) is 11.3 Å². The summed E-state index contributed by atoms with van der Waals surface area (Å²) in [6.07, 6.45) is 1.40. The zero-order valence-electron chi connectivity index (χ0n) is 24.7. The monoisotopic (exact) mass is 610 g/mol. The highest BCUT2D eigenvalue weighted by Crippen LogP contribution is 2.24. The van der Waals surface area contributed by atoms with Gasteiger partial charge in [-0.2, -0.15) is 0 Å². The number of aromatic nitrogens is 2. The maximum absolute atomic E-state index is 13.5. The molecule has 1 aromatic heterocycles. The molecular weight excluding hydrogens is 576 g/mol. The number of aliphatic carboxylic acids is 1. The summed E-state index contributed by atoms with van der Waals surface area (Å²) in [4.78, 5) is 56.1. The van der Waals surface area contributed by atoms with E-state index in [2.05, 4.69) is 20.9 Å². The van der Waals surface area contributed by atoms with Crippen LogP contribution in [0.5, 0.6) is 0 Å². The standard InChI is InChI=1S/C32H34N8O5/c1-18(2)38-29-31(43)40(17-26(41)36-15-19-8-10-21(11-9-19)28(34)35)25(16-37-29)22-12-23(14-24(33)13-22)30(42)39-27(32(44)45)20-6-4-3-5-7-20/h3-14,16,18,27H,15,17,33H2,1-2H3,(H3,34,35)(H,36,41)(H,37,38)(H,39,42)(H,44,45)/t27-/m1/s1. The summed E-state index contributed by atoms with van der Waals surface area (Å²) in [6, 6.07) is 18.0. The van der Waals surface area contributed by atoms with Crippen molar-refractivity contribution in [1.29, 1.82) is 5.41 Å². The Balaban J connectivity index is 1.64. The number of carboxylic acid groups (broad SMARTS) is 1. The molecule has 232 valence electrons. The van der Waals surface area contributed by atoms with Crippen LogP contribution in [0.2, 0.25) is 0 Å². The van der Waals surface area contributed by atoms with E-state index in [0.29, 0.717) is 16.7 Å². The normalized spacial score (nSPS) is 11.4. The molecule has 4 rings (SSSR count). The lowest BCUT2D eigenvalue weighted by atomic mass is 10.0. The Kier molecular flexibility index (Phi) is 9.93. The van der Waals surface area contributed by atoms with E-state index in [1.165, 1.54) is 29.0 Å². The number of benzene rings is 3. The number of rotatable bonds is 12. The third kappa shape index (κ3) is 8.10. The number of amides is 2. The third-order valence-electron chi connectivity index (χ3n) is 6.70.